The van der Waals surface area contributed by atoms with Gasteiger partial charge in [-0.1, -0.05) is 17.7 Å². The van der Waals surface area contributed by atoms with E-state index in [2.05, 4.69) is 0 Å². The zero-order valence-corrected chi connectivity index (χ0v) is 7.63. The van der Waals surface area contributed by atoms with Crippen molar-refractivity contribution in [1.29, 1.82) is 0 Å². The lowest BCUT2D eigenvalue weighted by atomic mass is 10.0. The summed E-state index contributed by atoms with van der Waals surface area (Å²) in [6, 6.07) is 4.41. The molecule has 0 fully saturated rings. The minimum atomic E-state index is -0.412. The van der Waals surface area contributed by atoms with Gasteiger partial charge in [-0.3, -0.25) is 0 Å². The predicted octanol–water partition coefficient (Wildman–Crippen LogP) is 1.52. The van der Waals surface area contributed by atoms with Crippen molar-refractivity contribution >= 4 is 0 Å². The summed E-state index contributed by atoms with van der Waals surface area (Å²) in [5.41, 5.74) is 7.13. The molecule has 0 aromatic heterocycles. The second-order valence-electron chi connectivity index (χ2n) is 3.14. The van der Waals surface area contributed by atoms with E-state index in [0.717, 1.165) is 5.56 Å². The summed E-state index contributed by atoms with van der Waals surface area (Å²) in [5.74, 6) is -0.299. The number of nitrogens with two attached hydrogens (primary N) is 1. The zero-order chi connectivity index (χ0) is 9.84. The molecule has 0 heterocycles. The van der Waals surface area contributed by atoms with E-state index < -0.39 is 6.04 Å². The third kappa shape index (κ3) is 2.50. The number of rotatable bonds is 3. The molecule has 0 aliphatic rings. The minimum absolute atomic E-state index is 0.0193. The Bertz CT molecular complexity index is 288. The fourth-order valence-corrected chi connectivity index (χ4v) is 1.24. The summed E-state index contributed by atoms with van der Waals surface area (Å²) in [6.07, 6.45) is 0.389. The molecule has 0 amide bonds. The Hall–Kier alpha value is -0.930. The molecule has 2 nitrogen and oxygen atoms in total. The summed E-state index contributed by atoms with van der Waals surface area (Å²) in [7, 11) is 0. The van der Waals surface area contributed by atoms with E-state index in [1.54, 1.807) is 12.1 Å². The van der Waals surface area contributed by atoms with Crippen molar-refractivity contribution in [3.8, 4) is 0 Å². The maximum Gasteiger partial charge on any atom is 0.127 e. The van der Waals surface area contributed by atoms with Crippen LogP contribution >= 0.6 is 0 Å². The van der Waals surface area contributed by atoms with Crippen LogP contribution in [0.25, 0.3) is 0 Å². The van der Waals surface area contributed by atoms with Gasteiger partial charge < -0.3 is 10.8 Å². The number of aryl methyl sites for hydroxylation is 1. The topological polar surface area (TPSA) is 46.2 Å². The fraction of sp³-hybridized carbons (Fsp3) is 0.400. The zero-order valence-electron chi connectivity index (χ0n) is 7.63. The van der Waals surface area contributed by atoms with Gasteiger partial charge in [-0.2, -0.15) is 0 Å². The average Bonchev–Trinajstić information content (AvgIpc) is 2.09. The molecule has 0 saturated heterocycles. The molecule has 0 bridgehead atoms. The van der Waals surface area contributed by atoms with E-state index in [9.17, 15) is 4.39 Å². The maximum absolute atomic E-state index is 13.2. The normalized spacial score (nSPS) is 12.9. The number of aliphatic hydroxyl groups is 1. The molecule has 1 unspecified atom stereocenters. The van der Waals surface area contributed by atoms with Crippen molar-refractivity contribution in [2.24, 2.45) is 5.73 Å². The molecule has 0 saturated carbocycles. The molecule has 1 rings (SSSR count). The van der Waals surface area contributed by atoms with E-state index in [-0.39, 0.29) is 12.4 Å². The molecule has 3 heteroatoms. The lowest BCUT2D eigenvalue weighted by Crippen LogP contribution is -2.13. The van der Waals surface area contributed by atoms with Crippen molar-refractivity contribution in [3.63, 3.8) is 0 Å². The average molecular weight is 183 g/mol. The first-order valence-corrected chi connectivity index (χ1v) is 4.27. The van der Waals surface area contributed by atoms with Gasteiger partial charge in [0.05, 0.1) is 0 Å². The van der Waals surface area contributed by atoms with E-state index in [1.165, 1.54) is 6.07 Å². The third-order valence-corrected chi connectivity index (χ3v) is 1.99. The monoisotopic (exact) mass is 183 g/mol. The molecular formula is C10H14FNO. The van der Waals surface area contributed by atoms with E-state index in [1.807, 2.05) is 6.92 Å². The number of benzene rings is 1. The Kier molecular flexibility index (Phi) is 3.39. The lowest BCUT2D eigenvalue weighted by molar-refractivity contribution is 0.275. The van der Waals surface area contributed by atoms with E-state index >= 15 is 0 Å². The van der Waals surface area contributed by atoms with Gasteiger partial charge in [-0.05, 0) is 19.4 Å². The highest BCUT2D eigenvalue weighted by Gasteiger charge is 2.10. The maximum atomic E-state index is 13.2. The molecule has 0 aliphatic carbocycles. The molecule has 0 spiro atoms. The summed E-state index contributed by atoms with van der Waals surface area (Å²) in [6.45, 7) is 1.86. The fourth-order valence-electron chi connectivity index (χ4n) is 1.24. The van der Waals surface area contributed by atoms with Gasteiger partial charge in [0.2, 0.25) is 0 Å². The Morgan fingerprint density at radius 2 is 2.23 bits per heavy atom. The van der Waals surface area contributed by atoms with Crippen LogP contribution in [0.15, 0.2) is 18.2 Å². The Balaban J connectivity index is 2.91. The quantitative estimate of drug-likeness (QED) is 0.746. The van der Waals surface area contributed by atoms with Crippen LogP contribution < -0.4 is 5.73 Å². The van der Waals surface area contributed by atoms with Crippen LogP contribution in [0.3, 0.4) is 0 Å². The van der Waals surface area contributed by atoms with Crippen LogP contribution in [0.5, 0.6) is 0 Å². The van der Waals surface area contributed by atoms with Crippen LogP contribution in [-0.2, 0) is 0 Å². The van der Waals surface area contributed by atoms with Gasteiger partial charge in [-0.25, -0.2) is 4.39 Å². The molecular weight excluding hydrogens is 169 g/mol. The van der Waals surface area contributed by atoms with Crippen LogP contribution in [0, 0.1) is 12.7 Å². The standard InChI is InChI=1S/C10H14FNO/c1-7-2-3-9(11)8(6-7)10(12)4-5-13/h2-3,6,10,13H,4-5,12H2,1H3. The van der Waals surface area contributed by atoms with Crippen LogP contribution in [0.2, 0.25) is 0 Å². The molecule has 0 aliphatic heterocycles. The lowest BCUT2D eigenvalue weighted by Gasteiger charge is -2.11. The molecule has 1 aromatic rings. The number of aliphatic hydroxyl groups excluding tert-OH is 1. The van der Waals surface area contributed by atoms with Gasteiger partial charge in [-0.15, -0.1) is 0 Å². The number of hydrogen-bond donors (Lipinski definition) is 2. The van der Waals surface area contributed by atoms with Gasteiger partial charge in [0, 0.05) is 18.2 Å². The van der Waals surface area contributed by atoms with Gasteiger partial charge in [0.15, 0.2) is 0 Å². The van der Waals surface area contributed by atoms with Crippen LogP contribution in [0.4, 0.5) is 4.39 Å². The second-order valence-corrected chi connectivity index (χ2v) is 3.14. The first kappa shape index (κ1) is 10.2. The second kappa shape index (κ2) is 4.35. The molecule has 3 N–H and O–H groups in total. The van der Waals surface area contributed by atoms with Gasteiger partial charge in [0.25, 0.3) is 0 Å². The van der Waals surface area contributed by atoms with Gasteiger partial charge >= 0.3 is 0 Å². The summed E-state index contributed by atoms with van der Waals surface area (Å²) >= 11 is 0. The van der Waals surface area contributed by atoms with Gasteiger partial charge in [0.1, 0.15) is 5.82 Å². The Morgan fingerprint density at radius 3 is 2.85 bits per heavy atom. The summed E-state index contributed by atoms with van der Waals surface area (Å²) < 4.78 is 13.2. The predicted molar refractivity (Wildman–Crippen MR) is 49.8 cm³/mol. The van der Waals surface area contributed by atoms with Crippen molar-refractivity contribution in [3.05, 3.63) is 35.1 Å². The van der Waals surface area contributed by atoms with Crippen molar-refractivity contribution < 1.29 is 9.50 Å². The molecule has 13 heavy (non-hydrogen) atoms. The molecule has 0 radical (unpaired) electrons. The number of hydrogen-bond acceptors (Lipinski definition) is 2. The van der Waals surface area contributed by atoms with E-state index in [4.69, 9.17) is 10.8 Å². The first-order chi connectivity index (χ1) is 6.15. The highest BCUT2D eigenvalue weighted by Crippen LogP contribution is 2.18. The van der Waals surface area contributed by atoms with Crippen molar-refractivity contribution in [1.82, 2.24) is 0 Å². The minimum Gasteiger partial charge on any atom is -0.396 e. The van der Waals surface area contributed by atoms with Crippen LogP contribution in [-0.4, -0.2) is 11.7 Å². The van der Waals surface area contributed by atoms with E-state index in [0.29, 0.717) is 12.0 Å². The molecule has 1 atom stereocenters. The summed E-state index contributed by atoms with van der Waals surface area (Å²) in [4.78, 5) is 0. The van der Waals surface area contributed by atoms with Crippen LogP contribution in [0.1, 0.15) is 23.6 Å². The third-order valence-electron chi connectivity index (χ3n) is 1.99. The largest absolute Gasteiger partial charge is 0.396 e. The summed E-state index contributed by atoms with van der Waals surface area (Å²) in [5, 5.41) is 8.66. The number of halogens is 1. The SMILES string of the molecule is Cc1ccc(F)c(C(N)CCO)c1. The van der Waals surface area contributed by atoms with Crippen molar-refractivity contribution in [2.45, 2.75) is 19.4 Å². The molecule has 72 valence electrons. The Labute approximate surface area is 77.2 Å². The molecule has 1 aromatic carbocycles. The smallest absolute Gasteiger partial charge is 0.127 e. The first-order valence-electron chi connectivity index (χ1n) is 4.27. The highest BCUT2D eigenvalue weighted by molar-refractivity contribution is 5.26. The Morgan fingerprint density at radius 1 is 1.54 bits per heavy atom. The van der Waals surface area contributed by atoms with Crippen molar-refractivity contribution in [2.75, 3.05) is 6.61 Å². The highest BCUT2D eigenvalue weighted by atomic mass is 19.1.